The molecule has 0 spiro atoms. The van der Waals surface area contributed by atoms with E-state index in [2.05, 4.69) is 10.1 Å². The highest BCUT2D eigenvalue weighted by molar-refractivity contribution is 5.85. The van der Waals surface area contributed by atoms with E-state index < -0.39 is 36.0 Å². The smallest absolute Gasteiger partial charge is 0.413 e. The lowest BCUT2D eigenvalue weighted by atomic mass is 10.1. The largest absolute Gasteiger partial charge is 0.434 e. The number of rotatable bonds is 6. The van der Waals surface area contributed by atoms with Crippen LogP contribution in [0.4, 0.5) is 22.0 Å². The first kappa shape index (κ1) is 20.4. The maximum Gasteiger partial charge on any atom is 0.413 e. The number of likely N-dealkylation sites (N-methyl/N-ethyl adjacent to an activating group) is 1. The highest BCUT2D eigenvalue weighted by Crippen LogP contribution is 2.37. The molecule has 0 fully saturated rings. The Labute approximate surface area is 129 Å². The van der Waals surface area contributed by atoms with Crippen molar-refractivity contribution in [3.8, 4) is 5.75 Å². The third-order valence-electron chi connectivity index (χ3n) is 2.42. The maximum absolute atomic E-state index is 13.0. The number of ether oxygens (including phenoxy) is 1. The van der Waals surface area contributed by atoms with Crippen molar-refractivity contribution in [2.24, 2.45) is 0 Å². The highest BCUT2D eigenvalue weighted by Gasteiger charge is 2.43. The van der Waals surface area contributed by atoms with E-state index in [0.717, 1.165) is 12.1 Å². The third kappa shape index (κ3) is 6.02. The molecule has 2 N–H and O–H groups in total. The van der Waals surface area contributed by atoms with Gasteiger partial charge in [-0.15, -0.1) is 12.4 Å². The molecule has 22 heavy (non-hydrogen) atoms. The first-order valence-corrected chi connectivity index (χ1v) is 5.80. The number of amides is 1. The van der Waals surface area contributed by atoms with E-state index >= 15 is 0 Å². The Morgan fingerprint density at radius 3 is 2.36 bits per heavy atom. The van der Waals surface area contributed by atoms with Crippen LogP contribution in [-0.2, 0) is 4.79 Å². The number of nitrogens with one attached hydrogen (secondary N) is 2. The number of benzene rings is 1. The first-order chi connectivity index (χ1) is 9.75. The normalized spacial score (nSPS) is 12.5. The number of hydrogen-bond donors (Lipinski definition) is 2. The van der Waals surface area contributed by atoms with Crippen LogP contribution in [0.25, 0.3) is 0 Å². The van der Waals surface area contributed by atoms with Gasteiger partial charge in [0.25, 0.3) is 0 Å². The van der Waals surface area contributed by atoms with Gasteiger partial charge in [-0.3, -0.25) is 4.79 Å². The molecule has 4 nitrogen and oxygen atoms in total. The zero-order valence-electron chi connectivity index (χ0n) is 11.3. The maximum atomic E-state index is 13.0. The molecule has 1 unspecified atom stereocenters. The van der Waals surface area contributed by atoms with Gasteiger partial charge in [0.05, 0.1) is 6.54 Å². The second-order valence-electron chi connectivity index (χ2n) is 3.99. The van der Waals surface area contributed by atoms with E-state index in [9.17, 15) is 26.7 Å². The van der Waals surface area contributed by atoms with Gasteiger partial charge >= 0.3 is 12.8 Å². The Kier molecular flexibility index (Phi) is 8.10. The minimum atomic E-state index is -4.86. The van der Waals surface area contributed by atoms with E-state index in [0.29, 0.717) is 0 Å². The van der Waals surface area contributed by atoms with Crippen molar-refractivity contribution < 1.29 is 31.5 Å². The Morgan fingerprint density at radius 2 is 1.86 bits per heavy atom. The van der Waals surface area contributed by atoms with Gasteiger partial charge in [-0.1, -0.05) is 18.2 Å². The predicted molar refractivity (Wildman–Crippen MR) is 71.2 cm³/mol. The summed E-state index contributed by atoms with van der Waals surface area (Å²) in [4.78, 5) is 11.3. The van der Waals surface area contributed by atoms with Crippen molar-refractivity contribution in [2.45, 2.75) is 18.8 Å². The summed E-state index contributed by atoms with van der Waals surface area (Å²) in [7, 11) is 1.38. The van der Waals surface area contributed by atoms with Crippen LogP contribution >= 0.6 is 12.4 Å². The van der Waals surface area contributed by atoms with Gasteiger partial charge in [0.15, 0.2) is 6.04 Å². The van der Waals surface area contributed by atoms with Crippen LogP contribution in [-0.4, -0.2) is 32.3 Å². The van der Waals surface area contributed by atoms with Crippen LogP contribution in [0.2, 0.25) is 0 Å². The molecule has 0 aliphatic carbocycles. The highest BCUT2D eigenvalue weighted by atomic mass is 35.5. The summed E-state index contributed by atoms with van der Waals surface area (Å²) < 4.78 is 67.7. The lowest BCUT2D eigenvalue weighted by Gasteiger charge is -2.24. The number of hydrogen-bond acceptors (Lipinski definition) is 3. The van der Waals surface area contributed by atoms with Gasteiger partial charge in [0, 0.05) is 5.56 Å². The molecule has 1 atom stereocenters. The topological polar surface area (TPSA) is 50.4 Å². The van der Waals surface area contributed by atoms with Crippen LogP contribution in [0, 0.1) is 0 Å². The van der Waals surface area contributed by atoms with E-state index in [-0.39, 0.29) is 19.0 Å². The third-order valence-corrected chi connectivity index (χ3v) is 2.42. The molecule has 10 heteroatoms. The number of alkyl halides is 5. The molecule has 0 heterocycles. The Bertz CT molecular complexity index is 485. The van der Waals surface area contributed by atoms with Crippen molar-refractivity contribution in [2.75, 3.05) is 13.6 Å². The quantitative estimate of drug-likeness (QED) is 0.777. The van der Waals surface area contributed by atoms with E-state index in [1.54, 1.807) is 5.32 Å². The molecular formula is C12H14ClF5N2O2. The lowest BCUT2D eigenvalue weighted by Crippen LogP contribution is -2.41. The summed E-state index contributed by atoms with van der Waals surface area (Å²) >= 11 is 0. The molecule has 0 radical (unpaired) electrons. The molecular weight excluding hydrogens is 335 g/mol. The van der Waals surface area contributed by atoms with Crippen molar-refractivity contribution in [3.63, 3.8) is 0 Å². The van der Waals surface area contributed by atoms with Gasteiger partial charge in [0.1, 0.15) is 5.75 Å². The van der Waals surface area contributed by atoms with Crippen molar-refractivity contribution in [1.29, 1.82) is 0 Å². The molecule has 0 aliphatic rings. The number of carbonyl (C=O) groups excluding carboxylic acids is 1. The average Bonchev–Trinajstić information content (AvgIpc) is 2.35. The fourth-order valence-corrected chi connectivity index (χ4v) is 1.63. The molecule has 1 rings (SSSR count). The van der Waals surface area contributed by atoms with Gasteiger partial charge in [-0.05, 0) is 13.1 Å². The SMILES string of the molecule is CNCC(=O)NC(c1ccccc1OC(F)F)C(F)(F)F.Cl. The van der Waals surface area contributed by atoms with Crippen LogP contribution in [0.5, 0.6) is 5.75 Å². The monoisotopic (exact) mass is 348 g/mol. The summed E-state index contributed by atoms with van der Waals surface area (Å²) in [6.07, 6.45) is -4.86. The fourth-order valence-electron chi connectivity index (χ4n) is 1.63. The number of halogens is 6. The van der Waals surface area contributed by atoms with Crippen LogP contribution < -0.4 is 15.4 Å². The summed E-state index contributed by atoms with van der Waals surface area (Å²) in [5, 5.41) is 4.13. The second kappa shape index (κ2) is 8.74. The minimum Gasteiger partial charge on any atom is -0.434 e. The zero-order chi connectivity index (χ0) is 16.0. The number of para-hydroxylation sites is 1. The standard InChI is InChI=1S/C12H13F5N2O2.ClH/c1-18-6-9(20)19-10(12(15,16)17)7-4-2-3-5-8(7)21-11(13)14;/h2-5,10-11,18H,6H2,1H3,(H,19,20);1H. The van der Waals surface area contributed by atoms with Gasteiger partial charge in [0.2, 0.25) is 5.91 Å². The fraction of sp³-hybridized carbons (Fsp3) is 0.417. The van der Waals surface area contributed by atoms with Gasteiger partial charge in [-0.2, -0.15) is 22.0 Å². The molecule has 0 aliphatic heterocycles. The number of carbonyl (C=O) groups is 1. The Morgan fingerprint density at radius 1 is 1.27 bits per heavy atom. The van der Waals surface area contributed by atoms with E-state index in [4.69, 9.17) is 0 Å². The average molecular weight is 349 g/mol. The molecule has 1 aromatic carbocycles. The van der Waals surface area contributed by atoms with Crippen molar-refractivity contribution in [3.05, 3.63) is 29.8 Å². The Hall–Kier alpha value is -1.61. The summed E-state index contributed by atoms with van der Waals surface area (Å²) in [6.45, 7) is -3.61. The molecule has 126 valence electrons. The van der Waals surface area contributed by atoms with E-state index in [1.807, 2.05) is 0 Å². The second-order valence-corrected chi connectivity index (χ2v) is 3.99. The van der Waals surface area contributed by atoms with Gasteiger partial charge < -0.3 is 15.4 Å². The van der Waals surface area contributed by atoms with Crippen LogP contribution in [0.15, 0.2) is 24.3 Å². The minimum absolute atomic E-state index is 0. The lowest BCUT2D eigenvalue weighted by molar-refractivity contribution is -0.164. The summed E-state index contributed by atoms with van der Waals surface area (Å²) in [5.74, 6) is -1.56. The molecule has 1 amide bonds. The molecule has 0 aromatic heterocycles. The molecule has 0 saturated heterocycles. The van der Waals surface area contributed by atoms with Gasteiger partial charge in [-0.25, -0.2) is 0 Å². The summed E-state index contributed by atoms with van der Waals surface area (Å²) in [5.41, 5.74) is -0.588. The zero-order valence-corrected chi connectivity index (χ0v) is 12.1. The molecule has 0 saturated carbocycles. The van der Waals surface area contributed by atoms with Crippen molar-refractivity contribution >= 4 is 18.3 Å². The Balaban J connectivity index is 0.00000441. The van der Waals surface area contributed by atoms with E-state index in [1.165, 1.54) is 19.2 Å². The van der Waals surface area contributed by atoms with Crippen molar-refractivity contribution in [1.82, 2.24) is 10.6 Å². The van der Waals surface area contributed by atoms with Crippen LogP contribution in [0.3, 0.4) is 0 Å². The molecule has 1 aromatic rings. The summed E-state index contributed by atoms with van der Waals surface area (Å²) in [6, 6.07) is 1.99. The predicted octanol–water partition coefficient (Wildman–Crippen LogP) is 2.65. The first-order valence-electron chi connectivity index (χ1n) is 5.80. The van der Waals surface area contributed by atoms with Crippen LogP contribution in [0.1, 0.15) is 11.6 Å². The molecule has 0 bridgehead atoms.